The van der Waals surface area contributed by atoms with E-state index >= 15 is 0 Å². The highest BCUT2D eigenvalue weighted by atomic mass is 35.5. The Labute approximate surface area is 88.5 Å². The van der Waals surface area contributed by atoms with E-state index < -0.39 is 0 Å². The summed E-state index contributed by atoms with van der Waals surface area (Å²) >= 11 is 5.73. The molecule has 0 spiro atoms. The van der Waals surface area contributed by atoms with Crippen LogP contribution in [0.4, 0.5) is 0 Å². The van der Waals surface area contributed by atoms with E-state index in [0.29, 0.717) is 10.8 Å². The van der Waals surface area contributed by atoms with Gasteiger partial charge in [0.15, 0.2) is 0 Å². The van der Waals surface area contributed by atoms with E-state index in [1.807, 2.05) is 19.9 Å². The monoisotopic (exact) mass is 212 g/mol. The van der Waals surface area contributed by atoms with E-state index in [1.165, 1.54) is 0 Å². The van der Waals surface area contributed by atoms with Crippen LogP contribution in [-0.2, 0) is 0 Å². The number of carbonyl (C=O) groups is 1. The Morgan fingerprint density at radius 2 is 2.14 bits per heavy atom. The quantitative estimate of drug-likeness (QED) is 0.764. The summed E-state index contributed by atoms with van der Waals surface area (Å²) in [6.45, 7) is 4.02. The number of rotatable bonds is 2. The number of nitrogens with one attached hydrogen (secondary N) is 1. The minimum Gasteiger partial charge on any atom is -0.354 e. The lowest BCUT2D eigenvalue weighted by molar-refractivity contribution is 0.0957. The number of pyridine rings is 1. The van der Waals surface area contributed by atoms with E-state index in [0.717, 1.165) is 5.56 Å². The van der Waals surface area contributed by atoms with E-state index in [2.05, 4.69) is 10.3 Å². The number of hydrogen-bond donors (Lipinski definition) is 1. The molecule has 1 amide bonds. The van der Waals surface area contributed by atoms with Crippen LogP contribution < -0.4 is 5.32 Å². The maximum Gasteiger partial charge on any atom is 0.269 e. The van der Waals surface area contributed by atoms with Crippen LogP contribution in [-0.4, -0.2) is 17.9 Å². The third kappa shape index (κ3) is 2.23. The van der Waals surface area contributed by atoms with Gasteiger partial charge in [0, 0.05) is 7.05 Å². The van der Waals surface area contributed by atoms with Gasteiger partial charge in [0.1, 0.15) is 10.8 Å². The molecule has 0 fully saturated rings. The Bertz CT molecular complexity index is 350. The lowest BCUT2D eigenvalue weighted by Crippen LogP contribution is -2.21. The Kier molecular flexibility index (Phi) is 3.47. The predicted octanol–water partition coefficient (Wildman–Crippen LogP) is 2.22. The molecule has 0 aliphatic heterocycles. The standard InChI is InChI=1S/C10H13ClN2O/c1-6(2)7-4-5-8(11)13-9(7)10(14)12-3/h4-6H,1-3H3,(H,12,14). The molecular weight excluding hydrogens is 200 g/mol. The molecule has 3 nitrogen and oxygen atoms in total. The van der Waals surface area contributed by atoms with Crippen LogP contribution in [0, 0.1) is 0 Å². The summed E-state index contributed by atoms with van der Waals surface area (Å²) in [5.74, 6) is 0.0586. The predicted molar refractivity (Wildman–Crippen MR) is 56.7 cm³/mol. The fourth-order valence-electron chi connectivity index (χ4n) is 1.21. The number of hydrogen-bond acceptors (Lipinski definition) is 2. The zero-order chi connectivity index (χ0) is 10.7. The molecule has 0 bridgehead atoms. The van der Waals surface area contributed by atoms with Crippen LogP contribution in [0.3, 0.4) is 0 Å². The van der Waals surface area contributed by atoms with Crippen molar-refractivity contribution < 1.29 is 4.79 Å². The lowest BCUT2D eigenvalue weighted by atomic mass is 10.0. The van der Waals surface area contributed by atoms with Gasteiger partial charge < -0.3 is 5.32 Å². The maximum absolute atomic E-state index is 11.5. The van der Waals surface area contributed by atoms with Crippen molar-refractivity contribution >= 4 is 17.5 Å². The van der Waals surface area contributed by atoms with Crippen LogP contribution in [0.25, 0.3) is 0 Å². The van der Waals surface area contributed by atoms with Crippen molar-refractivity contribution in [1.29, 1.82) is 0 Å². The summed E-state index contributed by atoms with van der Waals surface area (Å²) in [5, 5.41) is 2.88. The molecule has 0 atom stereocenters. The van der Waals surface area contributed by atoms with Gasteiger partial charge in [-0.3, -0.25) is 4.79 Å². The number of aromatic nitrogens is 1. The van der Waals surface area contributed by atoms with Gasteiger partial charge in [0.2, 0.25) is 0 Å². The molecular formula is C10H13ClN2O. The van der Waals surface area contributed by atoms with Gasteiger partial charge >= 0.3 is 0 Å². The van der Waals surface area contributed by atoms with E-state index in [4.69, 9.17) is 11.6 Å². The Hall–Kier alpha value is -1.09. The average molecular weight is 213 g/mol. The van der Waals surface area contributed by atoms with Crippen LogP contribution in [0.5, 0.6) is 0 Å². The summed E-state index contributed by atoms with van der Waals surface area (Å²) in [4.78, 5) is 15.5. The SMILES string of the molecule is CNC(=O)c1nc(Cl)ccc1C(C)C. The average Bonchev–Trinajstić information content (AvgIpc) is 2.16. The molecule has 0 radical (unpaired) electrons. The number of nitrogens with zero attached hydrogens (tertiary/aromatic N) is 1. The second-order valence-electron chi connectivity index (χ2n) is 3.31. The van der Waals surface area contributed by atoms with E-state index in [1.54, 1.807) is 13.1 Å². The zero-order valence-electron chi connectivity index (χ0n) is 8.47. The highest BCUT2D eigenvalue weighted by Crippen LogP contribution is 2.19. The first kappa shape index (κ1) is 11.0. The molecule has 1 N–H and O–H groups in total. The largest absolute Gasteiger partial charge is 0.354 e. The van der Waals surface area contributed by atoms with Crippen LogP contribution in [0.2, 0.25) is 5.15 Å². The van der Waals surface area contributed by atoms with Crippen molar-refractivity contribution in [1.82, 2.24) is 10.3 Å². The maximum atomic E-state index is 11.5. The fourth-order valence-corrected chi connectivity index (χ4v) is 1.36. The highest BCUT2D eigenvalue weighted by molar-refractivity contribution is 6.29. The van der Waals surface area contributed by atoms with E-state index in [-0.39, 0.29) is 11.8 Å². The summed E-state index contributed by atoms with van der Waals surface area (Å²) in [7, 11) is 1.58. The van der Waals surface area contributed by atoms with E-state index in [9.17, 15) is 4.79 Å². The van der Waals surface area contributed by atoms with Gasteiger partial charge in [-0.25, -0.2) is 4.98 Å². The van der Waals surface area contributed by atoms with Gasteiger partial charge in [0.05, 0.1) is 0 Å². The molecule has 76 valence electrons. The third-order valence-electron chi connectivity index (χ3n) is 1.96. The van der Waals surface area contributed by atoms with Gasteiger partial charge in [-0.2, -0.15) is 0 Å². The van der Waals surface area contributed by atoms with Crippen molar-refractivity contribution in [2.24, 2.45) is 0 Å². The Morgan fingerprint density at radius 3 is 2.64 bits per heavy atom. The smallest absolute Gasteiger partial charge is 0.269 e. The minimum atomic E-state index is -0.198. The molecule has 4 heteroatoms. The molecule has 14 heavy (non-hydrogen) atoms. The first-order chi connectivity index (χ1) is 6.56. The molecule has 0 aliphatic rings. The fraction of sp³-hybridized carbons (Fsp3) is 0.400. The zero-order valence-corrected chi connectivity index (χ0v) is 9.22. The van der Waals surface area contributed by atoms with Crippen LogP contribution in [0.1, 0.15) is 35.8 Å². The van der Waals surface area contributed by atoms with Crippen molar-refractivity contribution in [3.05, 3.63) is 28.5 Å². The molecule has 1 rings (SSSR count). The van der Waals surface area contributed by atoms with Crippen molar-refractivity contribution in [3.63, 3.8) is 0 Å². The summed E-state index contributed by atoms with van der Waals surface area (Å²) in [6.07, 6.45) is 0. The van der Waals surface area contributed by atoms with Crippen molar-refractivity contribution in [2.75, 3.05) is 7.05 Å². The highest BCUT2D eigenvalue weighted by Gasteiger charge is 2.14. The minimum absolute atomic E-state index is 0.198. The first-order valence-corrected chi connectivity index (χ1v) is 4.82. The molecule has 0 aliphatic carbocycles. The number of amides is 1. The van der Waals surface area contributed by atoms with Gasteiger partial charge in [-0.1, -0.05) is 31.5 Å². The van der Waals surface area contributed by atoms with Gasteiger partial charge in [-0.05, 0) is 17.5 Å². The van der Waals surface area contributed by atoms with Gasteiger partial charge in [-0.15, -0.1) is 0 Å². The summed E-state index contributed by atoms with van der Waals surface area (Å²) in [5.41, 5.74) is 1.32. The molecule has 1 aromatic rings. The second-order valence-corrected chi connectivity index (χ2v) is 3.69. The number of carbonyl (C=O) groups excluding carboxylic acids is 1. The lowest BCUT2D eigenvalue weighted by Gasteiger charge is -2.10. The molecule has 0 unspecified atom stereocenters. The van der Waals surface area contributed by atoms with Crippen LogP contribution >= 0.6 is 11.6 Å². The molecule has 0 saturated heterocycles. The van der Waals surface area contributed by atoms with Crippen molar-refractivity contribution in [3.8, 4) is 0 Å². The second kappa shape index (κ2) is 4.42. The Morgan fingerprint density at radius 1 is 1.50 bits per heavy atom. The Balaban J connectivity index is 3.22. The number of halogens is 1. The summed E-state index contributed by atoms with van der Waals surface area (Å²) < 4.78 is 0. The molecule has 0 saturated carbocycles. The topological polar surface area (TPSA) is 42.0 Å². The van der Waals surface area contributed by atoms with Crippen molar-refractivity contribution in [2.45, 2.75) is 19.8 Å². The summed E-state index contributed by atoms with van der Waals surface area (Å²) in [6, 6.07) is 3.54. The normalized spacial score (nSPS) is 10.4. The molecule has 1 aromatic heterocycles. The van der Waals surface area contributed by atoms with Gasteiger partial charge in [0.25, 0.3) is 5.91 Å². The third-order valence-corrected chi connectivity index (χ3v) is 2.17. The van der Waals surface area contributed by atoms with Crippen LogP contribution in [0.15, 0.2) is 12.1 Å². The first-order valence-electron chi connectivity index (χ1n) is 4.44. The molecule has 0 aromatic carbocycles. The molecule has 1 heterocycles.